The van der Waals surface area contributed by atoms with E-state index >= 15 is 0 Å². The monoisotopic (exact) mass is 522 g/mol. The number of hydrogen-bond acceptors (Lipinski definition) is 7. The first-order valence-electron chi connectivity index (χ1n) is 11.6. The standard InChI is InChI=1S/C25H26F4N4O4/c1-12(31)22-21(23(34)32-18(10-30)16-6-5-15(26)9-17(16)27)33-24(37-22)14-4-7-19(36-25(28)29)20(8-14)35-11-13-2-3-13/h4-9,12-13,18,25H,2-3,10-11,30-31H2,1H3,(H,32,34)/t12-,18?/m0/s1. The molecule has 1 aliphatic carbocycles. The molecule has 2 aromatic carbocycles. The zero-order valence-corrected chi connectivity index (χ0v) is 19.8. The summed E-state index contributed by atoms with van der Waals surface area (Å²) in [5, 5.41) is 2.57. The predicted molar refractivity (Wildman–Crippen MR) is 125 cm³/mol. The average Bonchev–Trinajstić information content (AvgIpc) is 3.56. The van der Waals surface area contributed by atoms with Crippen molar-refractivity contribution in [3.05, 3.63) is 65.1 Å². The van der Waals surface area contributed by atoms with Crippen molar-refractivity contribution in [1.29, 1.82) is 0 Å². The van der Waals surface area contributed by atoms with E-state index in [0.29, 0.717) is 24.2 Å². The highest BCUT2D eigenvalue weighted by Crippen LogP contribution is 2.37. The van der Waals surface area contributed by atoms with Gasteiger partial charge < -0.3 is 30.7 Å². The number of aromatic nitrogens is 1. The summed E-state index contributed by atoms with van der Waals surface area (Å²) in [5.74, 6) is -2.08. The Morgan fingerprint density at radius 1 is 1.19 bits per heavy atom. The molecule has 0 spiro atoms. The minimum atomic E-state index is -3.04. The molecule has 1 amide bonds. The molecule has 1 unspecified atom stereocenters. The van der Waals surface area contributed by atoms with E-state index in [1.54, 1.807) is 6.92 Å². The second-order valence-corrected chi connectivity index (χ2v) is 8.74. The summed E-state index contributed by atoms with van der Waals surface area (Å²) in [5.41, 5.74) is 11.9. The number of nitrogens with two attached hydrogens (primary N) is 2. The van der Waals surface area contributed by atoms with Gasteiger partial charge in [-0.2, -0.15) is 8.78 Å². The van der Waals surface area contributed by atoms with E-state index < -0.39 is 36.2 Å². The van der Waals surface area contributed by atoms with Crippen LogP contribution >= 0.6 is 0 Å². The zero-order valence-electron chi connectivity index (χ0n) is 19.8. The van der Waals surface area contributed by atoms with Gasteiger partial charge in [0.05, 0.1) is 18.7 Å². The third-order valence-corrected chi connectivity index (χ3v) is 5.74. The van der Waals surface area contributed by atoms with E-state index in [9.17, 15) is 22.4 Å². The number of benzene rings is 2. The molecular weight excluding hydrogens is 496 g/mol. The third kappa shape index (κ3) is 6.38. The van der Waals surface area contributed by atoms with Gasteiger partial charge in [0.1, 0.15) is 11.6 Å². The summed E-state index contributed by atoms with van der Waals surface area (Å²) >= 11 is 0. The van der Waals surface area contributed by atoms with Crippen LogP contribution in [0.2, 0.25) is 0 Å². The number of carbonyl (C=O) groups is 1. The molecule has 3 aromatic rings. The Hall–Kier alpha value is -3.64. The Balaban J connectivity index is 1.63. The largest absolute Gasteiger partial charge is 0.489 e. The third-order valence-electron chi connectivity index (χ3n) is 5.74. The number of rotatable bonds is 11. The summed E-state index contributed by atoms with van der Waals surface area (Å²) in [7, 11) is 0. The van der Waals surface area contributed by atoms with Crippen molar-refractivity contribution in [2.75, 3.05) is 13.2 Å². The van der Waals surface area contributed by atoms with Crippen molar-refractivity contribution in [2.24, 2.45) is 17.4 Å². The van der Waals surface area contributed by atoms with Crippen molar-refractivity contribution in [3.8, 4) is 23.0 Å². The summed E-state index contributed by atoms with van der Waals surface area (Å²) < 4.78 is 69.3. The molecule has 198 valence electrons. The van der Waals surface area contributed by atoms with Gasteiger partial charge in [-0.15, -0.1) is 0 Å². The van der Waals surface area contributed by atoms with Gasteiger partial charge in [-0.25, -0.2) is 13.8 Å². The smallest absolute Gasteiger partial charge is 0.387 e. The van der Waals surface area contributed by atoms with Crippen LogP contribution in [0.15, 0.2) is 40.8 Å². The fourth-order valence-electron chi connectivity index (χ4n) is 3.64. The number of nitrogens with one attached hydrogen (secondary N) is 1. The summed E-state index contributed by atoms with van der Waals surface area (Å²) in [6.07, 6.45) is 1.98. The van der Waals surface area contributed by atoms with E-state index in [1.807, 2.05) is 0 Å². The van der Waals surface area contributed by atoms with Gasteiger partial charge in [0, 0.05) is 23.7 Å². The molecular formula is C25H26F4N4O4. The van der Waals surface area contributed by atoms with Crippen LogP contribution in [-0.4, -0.2) is 30.7 Å². The lowest BCUT2D eigenvalue weighted by atomic mass is 10.1. The Labute approximate surface area is 209 Å². The van der Waals surface area contributed by atoms with Gasteiger partial charge in [-0.1, -0.05) is 6.07 Å². The van der Waals surface area contributed by atoms with Crippen molar-refractivity contribution in [3.63, 3.8) is 0 Å². The van der Waals surface area contributed by atoms with Gasteiger partial charge in [0.25, 0.3) is 5.91 Å². The summed E-state index contributed by atoms with van der Waals surface area (Å²) in [4.78, 5) is 17.4. The second kappa shape index (κ2) is 11.2. The normalized spacial score (nSPS) is 14.9. The molecule has 5 N–H and O–H groups in total. The number of amides is 1. The molecule has 12 heteroatoms. The molecule has 1 saturated carbocycles. The van der Waals surface area contributed by atoms with E-state index in [-0.39, 0.29) is 41.0 Å². The minimum absolute atomic E-state index is 0.00427. The Bertz CT molecular complexity index is 1260. The predicted octanol–water partition coefficient (Wildman–Crippen LogP) is 4.46. The van der Waals surface area contributed by atoms with E-state index in [4.69, 9.17) is 20.6 Å². The maximum atomic E-state index is 14.3. The molecule has 0 aliphatic heterocycles. The lowest BCUT2D eigenvalue weighted by Gasteiger charge is -2.17. The van der Waals surface area contributed by atoms with Crippen LogP contribution in [-0.2, 0) is 0 Å². The fourth-order valence-corrected chi connectivity index (χ4v) is 3.64. The summed E-state index contributed by atoms with van der Waals surface area (Å²) in [6, 6.07) is 5.34. The molecule has 0 radical (unpaired) electrons. The van der Waals surface area contributed by atoms with Crippen LogP contribution in [0.25, 0.3) is 11.5 Å². The summed E-state index contributed by atoms with van der Waals surface area (Å²) in [6.45, 7) is -1.31. The first-order valence-corrected chi connectivity index (χ1v) is 11.6. The molecule has 0 saturated heterocycles. The van der Waals surface area contributed by atoms with Crippen molar-refractivity contribution >= 4 is 5.91 Å². The number of nitrogens with zero attached hydrogens (tertiary/aromatic N) is 1. The molecule has 4 rings (SSSR count). The SMILES string of the molecule is C[C@H](N)c1oc(-c2ccc(OC(F)F)c(OCC3CC3)c2)nc1C(=O)NC(CN)c1ccc(F)cc1F. The Morgan fingerprint density at radius 3 is 2.57 bits per heavy atom. The Kier molecular flexibility index (Phi) is 7.98. The fraction of sp³-hybridized carbons (Fsp3) is 0.360. The van der Waals surface area contributed by atoms with Gasteiger partial charge in [-0.05, 0) is 49.9 Å². The van der Waals surface area contributed by atoms with E-state index in [2.05, 4.69) is 15.0 Å². The molecule has 1 heterocycles. The highest BCUT2D eigenvalue weighted by atomic mass is 19.3. The lowest BCUT2D eigenvalue weighted by molar-refractivity contribution is -0.0515. The van der Waals surface area contributed by atoms with Gasteiger partial charge in [0.15, 0.2) is 23.0 Å². The van der Waals surface area contributed by atoms with Crippen molar-refractivity contribution < 1.29 is 36.2 Å². The average molecular weight is 522 g/mol. The van der Waals surface area contributed by atoms with Crippen LogP contribution in [0.5, 0.6) is 11.5 Å². The highest BCUT2D eigenvalue weighted by molar-refractivity contribution is 5.94. The van der Waals surface area contributed by atoms with Gasteiger partial charge >= 0.3 is 6.61 Å². The van der Waals surface area contributed by atoms with E-state index in [0.717, 1.165) is 18.9 Å². The molecule has 2 atom stereocenters. The molecule has 37 heavy (non-hydrogen) atoms. The van der Waals surface area contributed by atoms with Gasteiger partial charge in [0.2, 0.25) is 5.89 Å². The zero-order chi connectivity index (χ0) is 26.7. The molecule has 1 aliphatic rings. The quantitative estimate of drug-likeness (QED) is 0.318. The van der Waals surface area contributed by atoms with Crippen LogP contribution in [0.1, 0.15) is 53.7 Å². The number of alkyl halides is 2. The van der Waals surface area contributed by atoms with Gasteiger partial charge in [-0.3, -0.25) is 4.79 Å². The maximum Gasteiger partial charge on any atom is 0.387 e. The number of carbonyl (C=O) groups excluding carboxylic acids is 1. The van der Waals surface area contributed by atoms with Crippen LogP contribution in [0.3, 0.4) is 0 Å². The second-order valence-electron chi connectivity index (χ2n) is 8.74. The molecule has 1 aromatic heterocycles. The van der Waals surface area contributed by atoms with Crippen molar-refractivity contribution in [1.82, 2.24) is 10.3 Å². The first kappa shape index (κ1) is 26.4. The topological polar surface area (TPSA) is 126 Å². The maximum absolute atomic E-state index is 14.3. The highest BCUT2D eigenvalue weighted by Gasteiger charge is 2.27. The molecule has 1 fully saturated rings. The van der Waals surface area contributed by atoms with E-state index in [1.165, 1.54) is 24.3 Å². The van der Waals surface area contributed by atoms with Crippen LogP contribution < -0.4 is 26.3 Å². The van der Waals surface area contributed by atoms with Crippen LogP contribution in [0, 0.1) is 17.6 Å². The first-order chi connectivity index (χ1) is 17.7. The Morgan fingerprint density at radius 2 is 1.95 bits per heavy atom. The minimum Gasteiger partial charge on any atom is -0.489 e. The number of halogens is 4. The molecule has 8 nitrogen and oxygen atoms in total. The number of oxazole rings is 1. The number of hydrogen-bond donors (Lipinski definition) is 3. The number of ether oxygens (including phenoxy) is 2. The lowest BCUT2D eigenvalue weighted by Crippen LogP contribution is -2.35. The van der Waals surface area contributed by atoms with Crippen LogP contribution in [0.4, 0.5) is 17.6 Å². The van der Waals surface area contributed by atoms with Crippen molar-refractivity contribution in [2.45, 2.75) is 38.5 Å². The molecule has 0 bridgehead atoms.